The van der Waals surface area contributed by atoms with Crippen molar-refractivity contribution in [1.29, 1.82) is 0 Å². The summed E-state index contributed by atoms with van der Waals surface area (Å²) in [4.78, 5) is 3.05. The largest absolute Gasteiger partial charge is 0.356 e. The molecule has 1 aromatic heterocycles. The number of hydrogen-bond acceptors (Lipinski definition) is 0. The third kappa shape index (κ3) is 0.637. The zero-order valence-corrected chi connectivity index (χ0v) is 5.81. The Morgan fingerprint density at radius 2 is 2.10 bits per heavy atom. The summed E-state index contributed by atoms with van der Waals surface area (Å²) in [7, 11) is 0. The number of nitrogens with one attached hydrogen (secondary N) is 1. The summed E-state index contributed by atoms with van der Waals surface area (Å²) in [6, 6.07) is 8.21. The maximum atomic E-state index is 3.06. The van der Waals surface area contributed by atoms with E-state index in [1.165, 1.54) is 16.5 Å². The van der Waals surface area contributed by atoms with E-state index in [0.29, 0.717) is 0 Å². The van der Waals surface area contributed by atoms with Gasteiger partial charge in [0, 0.05) is 16.5 Å². The van der Waals surface area contributed by atoms with Crippen LogP contribution >= 0.6 is 0 Å². The van der Waals surface area contributed by atoms with E-state index in [0.717, 1.165) is 0 Å². The first-order chi connectivity index (χ1) is 4.88. The number of rotatable bonds is 0. The van der Waals surface area contributed by atoms with Gasteiger partial charge < -0.3 is 4.98 Å². The molecular formula is C9H8N. The summed E-state index contributed by atoms with van der Waals surface area (Å²) >= 11 is 0. The average molecular weight is 130 g/mol. The van der Waals surface area contributed by atoms with E-state index in [2.05, 4.69) is 30.2 Å². The fourth-order valence-corrected chi connectivity index (χ4v) is 1.15. The minimum Gasteiger partial charge on any atom is -0.356 e. The Morgan fingerprint density at radius 3 is 2.90 bits per heavy atom. The van der Waals surface area contributed by atoms with Gasteiger partial charge >= 0.3 is 0 Å². The normalized spacial score (nSPS) is 10.5. The molecule has 1 aromatic carbocycles. The van der Waals surface area contributed by atoms with E-state index in [9.17, 15) is 0 Å². The zero-order valence-electron chi connectivity index (χ0n) is 5.81. The van der Waals surface area contributed by atoms with Gasteiger partial charge in [0.25, 0.3) is 0 Å². The Morgan fingerprint density at radius 1 is 1.30 bits per heavy atom. The van der Waals surface area contributed by atoms with E-state index >= 15 is 0 Å². The molecule has 0 unspecified atom stereocenters. The summed E-state index contributed by atoms with van der Waals surface area (Å²) in [5.41, 5.74) is 1.19. The molecule has 49 valence electrons. The molecule has 0 fully saturated rings. The molecule has 2 aromatic rings. The van der Waals surface area contributed by atoms with Crippen molar-refractivity contribution in [3.63, 3.8) is 0 Å². The van der Waals surface area contributed by atoms with Crippen LogP contribution in [0.25, 0.3) is 10.8 Å². The first kappa shape index (κ1) is 5.54. The smallest absolute Gasteiger partial charge is 0.0707 e. The van der Waals surface area contributed by atoms with Gasteiger partial charge in [0.15, 0.2) is 0 Å². The molecule has 0 amide bonds. The Bertz CT molecular complexity index is 346. The summed E-state index contributed by atoms with van der Waals surface area (Å²) in [6.45, 7) is 2.05. The molecule has 0 bridgehead atoms. The van der Waals surface area contributed by atoms with Crippen LogP contribution in [0.1, 0.15) is 5.69 Å². The topological polar surface area (TPSA) is 15.8 Å². The van der Waals surface area contributed by atoms with Crippen molar-refractivity contribution in [2.24, 2.45) is 0 Å². The van der Waals surface area contributed by atoms with Gasteiger partial charge in [-0.25, -0.2) is 0 Å². The second-order valence-corrected chi connectivity index (χ2v) is 2.42. The lowest BCUT2D eigenvalue weighted by molar-refractivity contribution is 1.27. The third-order valence-corrected chi connectivity index (χ3v) is 1.72. The summed E-state index contributed by atoms with van der Waals surface area (Å²) in [5.74, 6) is 0. The number of aromatic nitrogens is 1. The standard InChI is InChI=1S/C9H8N/c1-7-9-5-3-2-4-8(9)6-10-7/h2-5,10H,1H3. The molecule has 1 nitrogen and oxygen atoms in total. The maximum absolute atomic E-state index is 3.06. The molecule has 1 radical (unpaired) electrons. The van der Waals surface area contributed by atoms with Gasteiger partial charge in [-0.15, -0.1) is 0 Å². The maximum Gasteiger partial charge on any atom is 0.0707 e. The summed E-state index contributed by atoms with van der Waals surface area (Å²) in [5, 5.41) is 2.43. The lowest BCUT2D eigenvalue weighted by Gasteiger charge is -1.86. The molecule has 0 saturated carbocycles. The van der Waals surface area contributed by atoms with Crippen LogP contribution in [0.15, 0.2) is 24.3 Å². The Labute approximate surface area is 59.7 Å². The van der Waals surface area contributed by atoms with Crippen molar-refractivity contribution in [3.05, 3.63) is 36.2 Å². The van der Waals surface area contributed by atoms with Gasteiger partial charge in [0.2, 0.25) is 0 Å². The molecule has 0 aliphatic carbocycles. The zero-order chi connectivity index (χ0) is 6.97. The van der Waals surface area contributed by atoms with E-state index in [-0.39, 0.29) is 0 Å². The van der Waals surface area contributed by atoms with Crippen LogP contribution in [0.2, 0.25) is 0 Å². The highest BCUT2D eigenvalue weighted by molar-refractivity contribution is 5.84. The van der Waals surface area contributed by atoms with Crippen molar-refractivity contribution < 1.29 is 0 Å². The molecular weight excluding hydrogens is 122 g/mol. The average Bonchev–Trinajstić information content (AvgIpc) is 2.34. The highest BCUT2D eigenvalue weighted by Crippen LogP contribution is 2.15. The van der Waals surface area contributed by atoms with Crippen LogP contribution in [0.5, 0.6) is 0 Å². The molecule has 2 rings (SSSR count). The first-order valence-corrected chi connectivity index (χ1v) is 3.33. The molecule has 0 aliphatic rings. The van der Waals surface area contributed by atoms with Crippen LogP contribution in [0, 0.1) is 13.1 Å². The van der Waals surface area contributed by atoms with Gasteiger partial charge in [0.05, 0.1) is 6.20 Å². The lowest BCUT2D eigenvalue weighted by Crippen LogP contribution is -1.66. The third-order valence-electron chi connectivity index (χ3n) is 1.72. The van der Waals surface area contributed by atoms with Crippen LogP contribution in [-0.2, 0) is 0 Å². The molecule has 1 N–H and O–H groups in total. The van der Waals surface area contributed by atoms with E-state index < -0.39 is 0 Å². The first-order valence-electron chi connectivity index (χ1n) is 3.33. The van der Waals surface area contributed by atoms with Gasteiger partial charge in [-0.2, -0.15) is 0 Å². The second kappa shape index (κ2) is 1.87. The number of benzene rings is 1. The molecule has 1 heteroatoms. The number of aromatic amines is 1. The van der Waals surface area contributed by atoms with Crippen LogP contribution in [-0.4, -0.2) is 4.98 Å². The monoisotopic (exact) mass is 130 g/mol. The van der Waals surface area contributed by atoms with Crippen molar-refractivity contribution in [2.75, 3.05) is 0 Å². The summed E-state index contributed by atoms with van der Waals surface area (Å²) < 4.78 is 0. The second-order valence-electron chi connectivity index (χ2n) is 2.42. The molecule has 0 aliphatic heterocycles. The van der Waals surface area contributed by atoms with Crippen molar-refractivity contribution in [2.45, 2.75) is 6.92 Å². The van der Waals surface area contributed by atoms with Crippen molar-refractivity contribution >= 4 is 10.8 Å². The van der Waals surface area contributed by atoms with Gasteiger partial charge in [0.1, 0.15) is 0 Å². The molecule has 0 spiro atoms. The fraction of sp³-hybridized carbons (Fsp3) is 0.111. The Hall–Kier alpha value is -1.24. The molecule has 0 atom stereocenters. The minimum atomic E-state index is 1.17. The van der Waals surface area contributed by atoms with Crippen LogP contribution < -0.4 is 0 Å². The highest BCUT2D eigenvalue weighted by Gasteiger charge is 1.95. The minimum absolute atomic E-state index is 1.17. The molecule has 0 saturated heterocycles. The van der Waals surface area contributed by atoms with Gasteiger partial charge in [-0.3, -0.25) is 0 Å². The Kier molecular flexibility index (Phi) is 1.04. The number of fused-ring (bicyclic) bond motifs is 1. The number of aryl methyl sites for hydroxylation is 1. The lowest BCUT2D eigenvalue weighted by atomic mass is 10.2. The van der Waals surface area contributed by atoms with E-state index in [1.54, 1.807) is 0 Å². The van der Waals surface area contributed by atoms with E-state index in [4.69, 9.17) is 0 Å². The Balaban J connectivity index is 2.93. The molecule has 10 heavy (non-hydrogen) atoms. The number of hydrogen-bond donors (Lipinski definition) is 1. The van der Waals surface area contributed by atoms with E-state index in [1.807, 2.05) is 12.1 Å². The van der Waals surface area contributed by atoms with Crippen molar-refractivity contribution in [1.82, 2.24) is 4.98 Å². The predicted octanol–water partition coefficient (Wildman–Crippen LogP) is 2.28. The van der Waals surface area contributed by atoms with Crippen LogP contribution in [0.4, 0.5) is 0 Å². The number of H-pyrrole nitrogens is 1. The predicted molar refractivity (Wildman–Crippen MR) is 41.9 cm³/mol. The SMILES string of the molecule is Cc1[nH][c]c2ccccc12. The van der Waals surface area contributed by atoms with Gasteiger partial charge in [-0.1, -0.05) is 24.3 Å². The quantitative estimate of drug-likeness (QED) is 0.563. The molecule has 1 heterocycles. The fourth-order valence-electron chi connectivity index (χ4n) is 1.15. The highest BCUT2D eigenvalue weighted by atomic mass is 14.7. The van der Waals surface area contributed by atoms with Gasteiger partial charge in [-0.05, 0) is 6.92 Å². The summed E-state index contributed by atoms with van der Waals surface area (Å²) in [6.07, 6.45) is 3.06. The van der Waals surface area contributed by atoms with Crippen molar-refractivity contribution in [3.8, 4) is 0 Å². The van der Waals surface area contributed by atoms with Crippen LogP contribution in [0.3, 0.4) is 0 Å².